The number of alkyl halides is 3. The SMILES string of the molecule is NC1c2ccccc2OCC1N(CC(F)(F)F)C1CC1. The Morgan fingerprint density at radius 1 is 1.25 bits per heavy atom. The number of nitrogens with zero attached hydrogens (tertiary/aromatic N) is 1. The minimum Gasteiger partial charge on any atom is -0.492 e. The van der Waals surface area contributed by atoms with Gasteiger partial charge in [-0.2, -0.15) is 13.2 Å². The molecule has 0 spiro atoms. The molecule has 3 nitrogen and oxygen atoms in total. The Balaban J connectivity index is 1.82. The molecule has 1 aromatic rings. The van der Waals surface area contributed by atoms with Gasteiger partial charge in [0, 0.05) is 11.6 Å². The van der Waals surface area contributed by atoms with Crippen LogP contribution in [0.1, 0.15) is 24.4 Å². The first-order valence-electron chi connectivity index (χ1n) is 6.75. The zero-order chi connectivity index (χ0) is 14.3. The van der Waals surface area contributed by atoms with E-state index in [9.17, 15) is 13.2 Å². The second kappa shape index (κ2) is 4.93. The van der Waals surface area contributed by atoms with Gasteiger partial charge in [0.05, 0.1) is 18.6 Å². The molecule has 2 unspecified atom stereocenters. The molecular weight excluding hydrogens is 269 g/mol. The van der Waals surface area contributed by atoms with Gasteiger partial charge in [-0.25, -0.2) is 0 Å². The van der Waals surface area contributed by atoms with Crippen molar-refractivity contribution in [3.05, 3.63) is 29.8 Å². The maximum absolute atomic E-state index is 12.7. The van der Waals surface area contributed by atoms with Gasteiger partial charge in [0.25, 0.3) is 0 Å². The van der Waals surface area contributed by atoms with E-state index >= 15 is 0 Å². The Kier molecular flexibility index (Phi) is 3.38. The van der Waals surface area contributed by atoms with E-state index in [1.807, 2.05) is 18.2 Å². The van der Waals surface area contributed by atoms with Crippen LogP contribution >= 0.6 is 0 Å². The lowest BCUT2D eigenvalue weighted by Crippen LogP contribution is -2.52. The van der Waals surface area contributed by atoms with Gasteiger partial charge < -0.3 is 10.5 Å². The van der Waals surface area contributed by atoms with Crippen LogP contribution in [0.2, 0.25) is 0 Å². The number of ether oxygens (including phenoxy) is 1. The van der Waals surface area contributed by atoms with Gasteiger partial charge >= 0.3 is 6.18 Å². The van der Waals surface area contributed by atoms with E-state index in [0.717, 1.165) is 18.4 Å². The van der Waals surface area contributed by atoms with Crippen LogP contribution in [-0.2, 0) is 0 Å². The molecular formula is C14H17F3N2O. The Morgan fingerprint density at radius 2 is 1.95 bits per heavy atom. The summed E-state index contributed by atoms with van der Waals surface area (Å²) in [6, 6.07) is 6.42. The maximum Gasteiger partial charge on any atom is 0.401 e. The molecule has 0 aromatic heterocycles. The summed E-state index contributed by atoms with van der Waals surface area (Å²) in [6.45, 7) is -0.702. The third-order valence-electron chi connectivity index (χ3n) is 3.91. The van der Waals surface area contributed by atoms with Crippen LogP contribution in [0.15, 0.2) is 24.3 Å². The number of hydrogen-bond acceptors (Lipinski definition) is 3. The largest absolute Gasteiger partial charge is 0.492 e. The summed E-state index contributed by atoms with van der Waals surface area (Å²) in [6.07, 6.45) is -2.60. The Bertz CT molecular complexity index is 488. The Hall–Kier alpha value is -1.27. The normalized spacial score (nSPS) is 26.2. The average molecular weight is 286 g/mol. The van der Waals surface area contributed by atoms with Crippen molar-refractivity contribution < 1.29 is 17.9 Å². The van der Waals surface area contributed by atoms with Crippen LogP contribution in [0.3, 0.4) is 0 Å². The summed E-state index contributed by atoms with van der Waals surface area (Å²) in [7, 11) is 0. The van der Waals surface area contributed by atoms with Crippen LogP contribution < -0.4 is 10.5 Å². The topological polar surface area (TPSA) is 38.5 Å². The molecule has 1 aliphatic heterocycles. The van der Waals surface area contributed by atoms with Crippen LogP contribution in [0.25, 0.3) is 0 Å². The van der Waals surface area contributed by atoms with Gasteiger partial charge in [-0.05, 0) is 18.9 Å². The summed E-state index contributed by atoms with van der Waals surface area (Å²) in [5, 5.41) is 0. The molecule has 1 aromatic carbocycles. The first-order valence-corrected chi connectivity index (χ1v) is 6.75. The molecule has 2 atom stereocenters. The lowest BCUT2D eigenvalue weighted by Gasteiger charge is -2.39. The van der Waals surface area contributed by atoms with E-state index in [2.05, 4.69) is 0 Å². The van der Waals surface area contributed by atoms with Gasteiger partial charge in [-0.15, -0.1) is 0 Å². The van der Waals surface area contributed by atoms with Crippen LogP contribution in [0, 0.1) is 0 Å². The zero-order valence-electron chi connectivity index (χ0n) is 10.9. The number of para-hydroxylation sites is 1. The van der Waals surface area contributed by atoms with Crippen molar-refractivity contribution in [2.45, 2.75) is 37.1 Å². The fourth-order valence-electron chi connectivity index (χ4n) is 2.81. The average Bonchev–Trinajstić information content (AvgIpc) is 3.20. The van der Waals surface area contributed by atoms with Gasteiger partial charge in [0.1, 0.15) is 12.4 Å². The first kappa shape index (κ1) is 13.7. The van der Waals surface area contributed by atoms with Crippen LogP contribution in [0.4, 0.5) is 13.2 Å². The van der Waals surface area contributed by atoms with E-state index in [4.69, 9.17) is 10.5 Å². The zero-order valence-corrected chi connectivity index (χ0v) is 10.9. The highest BCUT2D eigenvalue weighted by Gasteiger charge is 2.44. The number of nitrogens with two attached hydrogens (primary N) is 1. The van der Waals surface area contributed by atoms with Crippen molar-refractivity contribution in [3.8, 4) is 5.75 Å². The Morgan fingerprint density at radius 3 is 2.60 bits per heavy atom. The second-order valence-electron chi connectivity index (χ2n) is 5.46. The highest BCUT2D eigenvalue weighted by molar-refractivity contribution is 5.38. The Labute approximate surface area is 115 Å². The monoisotopic (exact) mass is 286 g/mol. The van der Waals surface area contributed by atoms with E-state index in [0.29, 0.717) is 5.75 Å². The number of hydrogen-bond donors (Lipinski definition) is 1. The van der Waals surface area contributed by atoms with Crippen molar-refractivity contribution in [1.82, 2.24) is 4.90 Å². The van der Waals surface area contributed by atoms with Gasteiger partial charge in [-0.3, -0.25) is 4.90 Å². The number of halogens is 3. The maximum atomic E-state index is 12.7. The van der Waals surface area contributed by atoms with Crippen molar-refractivity contribution in [3.63, 3.8) is 0 Å². The van der Waals surface area contributed by atoms with E-state index < -0.39 is 24.8 Å². The quantitative estimate of drug-likeness (QED) is 0.927. The molecule has 3 rings (SSSR count). The molecule has 0 bridgehead atoms. The molecule has 0 saturated heterocycles. The van der Waals surface area contributed by atoms with E-state index in [1.54, 1.807) is 6.07 Å². The van der Waals surface area contributed by atoms with Gasteiger partial charge in [0.15, 0.2) is 0 Å². The molecule has 2 N–H and O–H groups in total. The lowest BCUT2D eigenvalue weighted by atomic mass is 9.95. The standard InChI is InChI=1S/C14H17F3N2O/c15-14(16,17)8-19(9-5-6-9)11-7-20-12-4-2-1-3-10(12)13(11)18/h1-4,9,11,13H,5-8,18H2. The highest BCUT2D eigenvalue weighted by Crippen LogP contribution is 2.38. The molecule has 1 saturated carbocycles. The highest BCUT2D eigenvalue weighted by atomic mass is 19.4. The predicted molar refractivity (Wildman–Crippen MR) is 68.4 cm³/mol. The first-order chi connectivity index (χ1) is 9.46. The molecule has 1 heterocycles. The minimum atomic E-state index is -4.21. The third-order valence-corrected chi connectivity index (χ3v) is 3.91. The fraction of sp³-hybridized carbons (Fsp3) is 0.571. The minimum absolute atomic E-state index is 0.0125. The smallest absolute Gasteiger partial charge is 0.401 e. The van der Waals surface area contributed by atoms with Crippen molar-refractivity contribution >= 4 is 0 Å². The summed E-state index contributed by atoms with van der Waals surface area (Å²) < 4.78 is 43.8. The van der Waals surface area contributed by atoms with Crippen molar-refractivity contribution in [2.75, 3.05) is 13.2 Å². The predicted octanol–water partition coefficient (Wildman–Crippen LogP) is 2.47. The number of fused-ring (bicyclic) bond motifs is 1. The molecule has 1 fully saturated rings. The molecule has 0 amide bonds. The lowest BCUT2D eigenvalue weighted by molar-refractivity contribution is -0.155. The van der Waals surface area contributed by atoms with Crippen molar-refractivity contribution in [1.29, 1.82) is 0 Å². The summed E-state index contributed by atoms with van der Waals surface area (Å²) in [5.41, 5.74) is 6.98. The van der Waals surface area contributed by atoms with Gasteiger partial charge in [-0.1, -0.05) is 18.2 Å². The third kappa shape index (κ3) is 2.76. The molecule has 2 aliphatic rings. The molecule has 110 valence electrons. The fourth-order valence-corrected chi connectivity index (χ4v) is 2.81. The molecule has 1 aliphatic carbocycles. The summed E-state index contributed by atoms with van der Waals surface area (Å²) in [4.78, 5) is 1.47. The van der Waals surface area contributed by atoms with E-state index in [-0.39, 0.29) is 12.6 Å². The molecule has 20 heavy (non-hydrogen) atoms. The van der Waals surface area contributed by atoms with Crippen molar-refractivity contribution in [2.24, 2.45) is 5.73 Å². The van der Waals surface area contributed by atoms with Crippen LogP contribution in [-0.4, -0.2) is 36.3 Å². The summed E-state index contributed by atoms with van der Waals surface area (Å²) in [5.74, 6) is 0.680. The molecule has 6 heteroatoms. The second-order valence-corrected chi connectivity index (χ2v) is 5.46. The summed E-state index contributed by atoms with van der Waals surface area (Å²) >= 11 is 0. The van der Waals surface area contributed by atoms with Gasteiger partial charge in [0.2, 0.25) is 0 Å². The number of rotatable bonds is 3. The molecule has 0 radical (unpaired) electrons. The van der Waals surface area contributed by atoms with E-state index in [1.165, 1.54) is 4.90 Å². The number of benzene rings is 1. The van der Waals surface area contributed by atoms with Crippen LogP contribution in [0.5, 0.6) is 5.75 Å².